The Kier molecular flexibility index (Phi) is 16.3. The molecule has 3 aliphatic carbocycles. The monoisotopic (exact) mass is 885 g/mol. The first-order valence-corrected chi connectivity index (χ1v) is 23.8. The Morgan fingerprint density at radius 3 is 2.21 bits per heavy atom. The molecule has 14 heteroatoms. The van der Waals surface area contributed by atoms with Gasteiger partial charge in [-0.25, -0.2) is 0 Å². The van der Waals surface area contributed by atoms with Gasteiger partial charge in [-0.15, -0.1) is 0 Å². The second-order valence-corrected chi connectivity index (χ2v) is 19.2. The number of methoxy groups -OCH3 is 3. The number of Topliss-reactive ketones (excluding diaryl/α,β-unsaturated/α-hetero) is 1. The highest BCUT2D eigenvalue weighted by atomic mass is 16.7. The van der Waals surface area contributed by atoms with Crippen LogP contribution in [0.25, 0.3) is 0 Å². The van der Waals surface area contributed by atoms with E-state index in [0.717, 1.165) is 30.7 Å². The summed E-state index contributed by atoms with van der Waals surface area (Å²) in [6, 6.07) is 7.55. The third-order valence-corrected chi connectivity index (χ3v) is 15.4. The van der Waals surface area contributed by atoms with Gasteiger partial charge in [-0.05, 0) is 140 Å². The number of aliphatic hydroxyl groups excluding tert-OH is 1. The topological polar surface area (TPSA) is 153 Å². The van der Waals surface area contributed by atoms with Crippen LogP contribution in [0.4, 0.5) is 5.69 Å². The van der Waals surface area contributed by atoms with Gasteiger partial charge in [-0.2, -0.15) is 0 Å². The van der Waals surface area contributed by atoms with Crippen molar-refractivity contribution in [1.29, 1.82) is 0 Å². The molecular formula is C49H76N2O12. The zero-order valence-electron chi connectivity index (χ0n) is 39.3. The van der Waals surface area contributed by atoms with E-state index in [1.807, 2.05) is 52.0 Å². The third kappa shape index (κ3) is 10.3. The van der Waals surface area contributed by atoms with Gasteiger partial charge in [0.1, 0.15) is 30.2 Å². The summed E-state index contributed by atoms with van der Waals surface area (Å²) in [4.78, 5) is 31.5. The molecule has 0 spiro atoms. The van der Waals surface area contributed by atoms with Crippen LogP contribution in [0.2, 0.25) is 0 Å². The van der Waals surface area contributed by atoms with E-state index in [0.29, 0.717) is 50.3 Å². The van der Waals surface area contributed by atoms with Crippen molar-refractivity contribution in [2.24, 2.45) is 35.5 Å². The van der Waals surface area contributed by atoms with Gasteiger partial charge in [0.25, 0.3) is 0 Å². The number of benzene rings is 1. The fourth-order valence-electron chi connectivity index (χ4n) is 12.2. The Hall–Kier alpha value is -2.66. The Bertz CT molecular complexity index is 1690. The number of nitrogens with one attached hydrogen (secondary N) is 1. The second-order valence-electron chi connectivity index (χ2n) is 19.2. The van der Waals surface area contributed by atoms with E-state index in [-0.39, 0.29) is 78.5 Å². The minimum absolute atomic E-state index is 0.0135. The number of carbonyl (C=O) groups excluding carboxylic acids is 2. The molecule has 5 fully saturated rings. The number of ketones is 1. The summed E-state index contributed by atoms with van der Waals surface area (Å²) < 4.78 is 56.0. The average molecular weight is 885 g/mol. The van der Waals surface area contributed by atoms with E-state index >= 15 is 4.79 Å². The number of ether oxygens (including phenoxy) is 9. The lowest BCUT2D eigenvalue weighted by Gasteiger charge is -2.47. The molecular weight excluding hydrogens is 809 g/mol. The van der Waals surface area contributed by atoms with E-state index in [9.17, 15) is 9.90 Å². The first kappa shape index (κ1) is 48.3. The van der Waals surface area contributed by atoms with Crippen LogP contribution in [0.1, 0.15) is 92.4 Å². The molecule has 354 valence electrons. The summed E-state index contributed by atoms with van der Waals surface area (Å²) in [6.07, 6.45) is 3.36. The maximum absolute atomic E-state index is 15.2. The number of esters is 1. The zero-order valence-corrected chi connectivity index (χ0v) is 39.3. The molecule has 3 heterocycles. The summed E-state index contributed by atoms with van der Waals surface area (Å²) in [6.45, 7) is 10.6. The normalized spacial score (nSPS) is 42.3. The Morgan fingerprint density at radius 1 is 0.841 bits per heavy atom. The van der Waals surface area contributed by atoms with Crippen LogP contribution in [-0.2, 0) is 47.5 Å². The summed E-state index contributed by atoms with van der Waals surface area (Å²) in [5, 5.41) is 16.4. The van der Waals surface area contributed by atoms with E-state index in [4.69, 9.17) is 42.6 Å². The van der Waals surface area contributed by atoms with Gasteiger partial charge in [-0.1, -0.05) is 19.9 Å². The van der Waals surface area contributed by atoms with Crippen LogP contribution in [-0.4, -0.2) is 143 Å². The molecule has 1 aromatic carbocycles. The summed E-state index contributed by atoms with van der Waals surface area (Å²) >= 11 is 0. The van der Waals surface area contributed by atoms with E-state index in [1.165, 1.54) is 0 Å². The van der Waals surface area contributed by atoms with Crippen LogP contribution in [0.15, 0.2) is 35.9 Å². The molecule has 63 heavy (non-hydrogen) atoms. The highest BCUT2D eigenvalue weighted by Crippen LogP contribution is 2.57. The van der Waals surface area contributed by atoms with Crippen molar-refractivity contribution in [3.63, 3.8) is 0 Å². The van der Waals surface area contributed by atoms with E-state index in [1.54, 1.807) is 21.3 Å². The molecule has 0 amide bonds. The van der Waals surface area contributed by atoms with Crippen molar-refractivity contribution in [1.82, 2.24) is 4.90 Å². The number of cyclic esters (lactones) is 1. The van der Waals surface area contributed by atoms with Crippen LogP contribution in [0.3, 0.4) is 0 Å². The Morgan fingerprint density at radius 2 is 1.56 bits per heavy atom. The van der Waals surface area contributed by atoms with Crippen molar-refractivity contribution in [3.8, 4) is 5.75 Å². The van der Waals surface area contributed by atoms with Gasteiger partial charge in [0.2, 0.25) is 0 Å². The number of carbonyl (C=O) groups is 2. The lowest BCUT2D eigenvalue weighted by atomic mass is 9.62. The Balaban J connectivity index is 1.21. The number of anilines is 1. The number of rotatable bonds is 13. The van der Waals surface area contributed by atoms with Gasteiger partial charge in [0, 0.05) is 44.9 Å². The Labute approximate surface area is 375 Å². The quantitative estimate of drug-likeness (QED) is 0.217. The highest BCUT2D eigenvalue weighted by molar-refractivity contribution is 5.99. The third-order valence-electron chi connectivity index (χ3n) is 15.4. The van der Waals surface area contributed by atoms with Crippen LogP contribution in [0.5, 0.6) is 5.75 Å². The molecule has 19 atom stereocenters. The number of hydrogen-bond acceptors (Lipinski definition) is 14. The SMILES string of the molecule is CCOc1ccc(NC2[C@@H]3[C@@H](C=C4C(=O)[C@H](C)[C@@H](O[C@H]5CC[C@H](N(C)C)C(C)O5)CCC[C@H](CC)OC(=O)C[C@H]43)[C@@H]3C[C@H](O[C@@H]4OC(C)[C@H](OC)C(OC)C4OC)C[C@H]3[C@H]2O)cc1. The van der Waals surface area contributed by atoms with Gasteiger partial charge < -0.3 is 58.0 Å². The van der Waals surface area contributed by atoms with Gasteiger partial charge >= 0.3 is 5.97 Å². The predicted molar refractivity (Wildman–Crippen MR) is 236 cm³/mol. The van der Waals surface area contributed by atoms with Crippen molar-refractivity contribution >= 4 is 17.4 Å². The molecule has 1 aromatic rings. The second kappa shape index (κ2) is 21.3. The molecule has 2 saturated carbocycles. The van der Waals surface area contributed by atoms with Crippen LogP contribution < -0.4 is 10.1 Å². The van der Waals surface area contributed by atoms with Gasteiger partial charge in [0.05, 0.1) is 49.6 Å². The smallest absolute Gasteiger partial charge is 0.306 e. The maximum Gasteiger partial charge on any atom is 0.306 e. The summed E-state index contributed by atoms with van der Waals surface area (Å²) in [5.41, 5.74) is 1.45. The van der Waals surface area contributed by atoms with Crippen molar-refractivity contribution in [2.75, 3.05) is 47.3 Å². The first-order valence-electron chi connectivity index (χ1n) is 23.8. The van der Waals surface area contributed by atoms with Crippen molar-refractivity contribution in [2.45, 2.75) is 172 Å². The molecule has 3 aliphatic heterocycles. The number of aliphatic hydroxyl groups is 1. The van der Waals surface area contributed by atoms with E-state index < -0.39 is 48.8 Å². The highest BCUT2D eigenvalue weighted by Gasteiger charge is 2.60. The van der Waals surface area contributed by atoms with Gasteiger partial charge in [0.15, 0.2) is 18.4 Å². The summed E-state index contributed by atoms with van der Waals surface area (Å²) in [7, 11) is 9.05. The molecule has 0 radical (unpaired) electrons. The fraction of sp³-hybridized carbons (Fsp3) is 0.796. The fourth-order valence-corrected chi connectivity index (χ4v) is 12.2. The molecule has 6 aliphatic rings. The van der Waals surface area contributed by atoms with Crippen LogP contribution >= 0.6 is 0 Å². The standard InChI is InChI=1S/C49H76N2O12/c1-11-30-14-13-15-39(63-41-21-20-38(51(6)7)27(4)59-41)26(3)44(53)37-24-34-33-22-32(62-49-48(57-10)47(56-9)46(55-8)28(5)60-49)23-36(33)45(54)43(42(34)35(37)25-40(52)61-30)50-29-16-18-31(19-17-29)58-12-2/h16-19,24,26-28,30,32-36,38-39,41-43,45-50,54H,11-15,20-23,25H2,1-10H3/t26-,27?,28?,30+,32+,33+,34+,35-,36-,38+,39+,41+,42-,43?,45-,46+,47?,48?,49+/m1/s1. The minimum Gasteiger partial charge on any atom is -0.494 e. The molecule has 3 saturated heterocycles. The van der Waals surface area contributed by atoms with Gasteiger partial charge in [-0.3, -0.25) is 9.59 Å². The molecule has 2 N–H and O–H groups in total. The molecule has 0 aromatic heterocycles. The molecule has 14 nitrogen and oxygen atoms in total. The van der Waals surface area contributed by atoms with Crippen molar-refractivity contribution < 1.29 is 57.3 Å². The minimum atomic E-state index is -0.820. The predicted octanol–water partition coefficient (Wildman–Crippen LogP) is 6.17. The summed E-state index contributed by atoms with van der Waals surface area (Å²) in [5.74, 6) is -1.19. The number of allylic oxidation sites excluding steroid dienone is 2. The molecule has 7 rings (SSSR count). The number of hydrogen-bond donors (Lipinski definition) is 2. The lowest BCUT2D eigenvalue weighted by Crippen LogP contribution is -2.59. The largest absolute Gasteiger partial charge is 0.494 e. The molecule has 0 bridgehead atoms. The van der Waals surface area contributed by atoms with Crippen molar-refractivity contribution in [3.05, 3.63) is 35.9 Å². The first-order chi connectivity index (χ1) is 30.3. The molecule has 5 unspecified atom stereocenters. The average Bonchev–Trinajstić information content (AvgIpc) is 3.85. The van der Waals surface area contributed by atoms with Crippen LogP contribution in [0, 0.1) is 35.5 Å². The number of nitrogens with zero attached hydrogens (tertiary/aromatic N) is 1. The lowest BCUT2D eigenvalue weighted by molar-refractivity contribution is -0.314. The zero-order chi connectivity index (χ0) is 45.1. The number of fused-ring (bicyclic) bond motifs is 5. The maximum atomic E-state index is 15.2. The van der Waals surface area contributed by atoms with E-state index in [2.05, 4.69) is 37.3 Å². The number of likely N-dealkylation sites (N-methyl/N-ethyl adjacent to an activating group) is 1.